The highest BCUT2D eigenvalue weighted by atomic mass is 16.6. The fourth-order valence-electron chi connectivity index (χ4n) is 2.17. The van der Waals surface area contributed by atoms with Crippen LogP contribution in [-0.4, -0.2) is 23.6 Å². The van der Waals surface area contributed by atoms with Gasteiger partial charge in [0.25, 0.3) is 5.69 Å². The second-order valence-electron chi connectivity index (χ2n) is 4.71. The van der Waals surface area contributed by atoms with Crippen molar-refractivity contribution in [2.24, 2.45) is 0 Å². The standard InChI is InChI=1S/C12H17N3O2/c1-12(6-8-13-9-7-12)14-10-4-2-3-5-11(10)15(16)17/h2-5,13-14H,6-9H2,1H3. The van der Waals surface area contributed by atoms with Crippen molar-refractivity contribution >= 4 is 11.4 Å². The lowest BCUT2D eigenvalue weighted by atomic mass is 9.90. The molecular weight excluding hydrogens is 218 g/mol. The molecule has 1 heterocycles. The van der Waals surface area contributed by atoms with Crippen LogP contribution in [0.1, 0.15) is 19.8 Å². The zero-order valence-corrected chi connectivity index (χ0v) is 9.90. The number of hydrogen-bond acceptors (Lipinski definition) is 4. The molecule has 0 unspecified atom stereocenters. The van der Waals surface area contributed by atoms with Crippen molar-refractivity contribution in [3.63, 3.8) is 0 Å². The normalized spacial score (nSPS) is 18.6. The Kier molecular flexibility index (Phi) is 3.28. The Hall–Kier alpha value is -1.62. The Bertz CT molecular complexity index is 414. The van der Waals surface area contributed by atoms with Crippen LogP contribution in [0.5, 0.6) is 0 Å². The highest BCUT2D eigenvalue weighted by molar-refractivity contribution is 5.62. The maximum Gasteiger partial charge on any atom is 0.292 e. The molecule has 1 aromatic rings. The Morgan fingerprint density at radius 1 is 1.35 bits per heavy atom. The molecule has 1 fully saturated rings. The summed E-state index contributed by atoms with van der Waals surface area (Å²) >= 11 is 0. The van der Waals surface area contributed by atoms with Crippen LogP contribution in [0.4, 0.5) is 11.4 Å². The summed E-state index contributed by atoms with van der Waals surface area (Å²) in [6, 6.07) is 6.81. The van der Waals surface area contributed by atoms with E-state index in [4.69, 9.17) is 0 Å². The molecule has 1 aliphatic rings. The Morgan fingerprint density at radius 3 is 2.65 bits per heavy atom. The summed E-state index contributed by atoms with van der Waals surface area (Å²) in [7, 11) is 0. The third-order valence-electron chi connectivity index (χ3n) is 3.24. The maximum atomic E-state index is 10.9. The zero-order valence-electron chi connectivity index (χ0n) is 9.90. The van der Waals surface area contributed by atoms with Gasteiger partial charge < -0.3 is 10.6 Å². The lowest BCUT2D eigenvalue weighted by Gasteiger charge is -2.35. The van der Waals surface area contributed by atoms with Gasteiger partial charge in [0.05, 0.1) is 4.92 Å². The van der Waals surface area contributed by atoms with Gasteiger partial charge in [-0.3, -0.25) is 10.1 Å². The molecule has 0 bridgehead atoms. The van der Waals surface area contributed by atoms with Gasteiger partial charge in [0.1, 0.15) is 5.69 Å². The van der Waals surface area contributed by atoms with Crippen molar-refractivity contribution < 1.29 is 4.92 Å². The first-order valence-corrected chi connectivity index (χ1v) is 5.83. The monoisotopic (exact) mass is 235 g/mol. The molecule has 0 aliphatic carbocycles. The molecule has 17 heavy (non-hydrogen) atoms. The van der Waals surface area contributed by atoms with Crippen molar-refractivity contribution in [3.05, 3.63) is 34.4 Å². The molecule has 0 amide bonds. The molecule has 1 aliphatic heterocycles. The predicted molar refractivity (Wildman–Crippen MR) is 67.2 cm³/mol. The quantitative estimate of drug-likeness (QED) is 0.622. The number of nitro groups is 1. The van der Waals surface area contributed by atoms with Gasteiger partial charge in [-0.2, -0.15) is 0 Å². The first kappa shape index (κ1) is 11.9. The van der Waals surface area contributed by atoms with E-state index in [1.54, 1.807) is 12.1 Å². The first-order valence-electron chi connectivity index (χ1n) is 5.83. The molecule has 0 saturated carbocycles. The van der Waals surface area contributed by atoms with Crippen LogP contribution < -0.4 is 10.6 Å². The van der Waals surface area contributed by atoms with Gasteiger partial charge in [-0.15, -0.1) is 0 Å². The number of nitro benzene ring substituents is 1. The van der Waals surface area contributed by atoms with Crippen LogP contribution >= 0.6 is 0 Å². The van der Waals surface area contributed by atoms with Gasteiger partial charge in [-0.1, -0.05) is 12.1 Å². The fourth-order valence-corrected chi connectivity index (χ4v) is 2.17. The lowest BCUT2D eigenvalue weighted by Crippen LogP contribution is -2.45. The van der Waals surface area contributed by atoms with Crippen LogP contribution in [0, 0.1) is 10.1 Å². The number of rotatable bonds is 3. The third-order valence-corrected chi connectivity index (χ3v) is 3.24. The smallest absolute Gasteiger partial charge is 0.292 e. The zero-order chi connectivity index (χ0) is 12.3. The molecule has 0 aromatic heterocycles. The predicted octanol–water partition coefficient (Wildman–Crippen LogP) is 2.15. The summed E-state index contributed by atoms with van der Waals surface area (Å²) in [6.07, 6.45) is 1.94. The molecular formula is C12H17N3O2. The van der Waals surface area contributed by atoms with Gasteiger partial charge in [-0.25, -0.2) is 0 Å². The average molecular weight is 235 g/mol. The molecule has 1 saturated heterocycles. The minimum atomic E-state index is -0.341. The molecule has 5 nitrogen and oxygen atoms in total. The molecule has 0 radical (unpaired) electrons. The van der Waals surface area contributed by atoms with Crippen molar-refractivity contribution in [1.29, 1.82) is 0 Å². The number of para-hydroxylation sites is 2. The maximum absolute atomic E-state index is 10.9. The Morgan fingerprint density at radius 2 is 2.00 bits per heavy atom. The molecule has 1 aromatic carbocycles. The van der Waals surface area contributed by atoms with E-state index in [0.29, 0.717) is 5.69 Å². The number of anilines is 1. The second-order valence-corrected chi connectivity index (χ2v) is 4.71. The summed E-state index contributed by atoms with van der Waals surface area (Å²) in [4.78, 5) is 10.6. The number of benzene rings is 1. The van der Waals surface area contributed by atoms with E-state index in [-0.39, 0.29) is 16.1 Å². The van der Waals surface area contributed by atoms with Crippen molar-refractivity contribution in [1.82, 2.24) is 5.32 Å². The van der Waals surface area contributed by atoms with Crippen molar-refractivity contribution in [3.8, 4) is 0 Å². The average Bonchev–Trinajstić information content (AvgIpc) is 2.29. The van der Waals surface area contributed by atoms with E-state index >= 15 is 0 Å². The van der Waals surface area contributed by atoms with Crippen LogP contribution in [0.15, 0.2) is 24.3 Å². The van der Waals surface area contributed by atoms with Gasteiger partial charge in [0, 0.05) is 11.6 Å². The van der Waals surface area contributed by atoms with Gasteiger partial charge in [-0.05, 0) is 38.9 Å². The molecule has 0 spiro atoms. The Balaban J connectivity index is 2.20. The van der Waals surface area contributed by atoms with E-state index in [0.717, 1.165) is 25.9 Å². The number of nitrogens with zero attached hydrogens (tertiary/aromatic N) is 1. The Labute approximate surface area is 100 Å². The van der Waals surface area contributed by atoms with E-state index in [2.05, 4.69) is 17.6 Å². The first-order chi connectivity index (χ1) is 8.11. The van der Waals surface area contributed by atoms with E-state index in [9.17, 15) is 10.1 Å². The minimum Gasteiger partial charge on any atom is -0.374 e. The van der Waals surface area contributed by atoms with Crippen LogP contribution in [0.2, 0.25) is 0 Å². The van der Waals surface area contributed by atoms with Crippen LogP contribution in [0.3, 0.4) is 0 Å². The van der Waals surface area contributed by atoms with Crippen molar-refractivity contribution in [2.75, 3.05) is 18.4 Å². The number of hydrogen-bond donors (Lipinski definition) is 2. The molecule has 5 heteroatoms. The fraction of sp³-hybridized carbons (Fsp3) is 0.500. The van der Waals surface area contributed by atoms with E-state index in [1.807, 2.05) is 6.07 Å². The van der Waals surface area contributed by atoms with Crippen LogP contribution in [-0.2, 0) is 0 Å². The summed E-state index contributed by atoms with van der Waals surface area (Å²) < 4.78 is 0. The summed E-state index contributed by atoms with van der Waals surface area (Å²) in [6.45, 7) is 4.01. The number of nitrogens with one attached hydrogen (secondary N) is 2. The topological polar surface area (TPSA) is 67.2 Å². The van der Waals surface area contributed by atoms with Crippen molar-refractivity contribution in [2.45, 2.75) is 25.3 Å². The van der Waals surface area contributed by atoms with E-state index < -0.39 is 0 Å². The lowest BCUT2D eigenvalue weighted by molar-refractivity contribution is -0.384. The van der Waals surface area contributed by atoms with Gasteiger partial charge in [0.15, 0.2) is 0 Å². The van der Waals surface area contributed by atoms with E-state index in [1.165, 1.54) is 6.07 Å². The van der Waals surface area contributed by atoms with Crippen LogP contribution in [0.25, 0.3) is 0 Å². The van der Waals surface area contributed by atoms with Gasteiger partial charge in [0.2, 0.25) is 0 Å². The third kappa shape index (κ3) is 2.74. The largest absolute Gasteiger partial charge is 0.374 e. The number of piperidine rings is 1. The highest BCUT2D eigenvalue weighted by Crippen LogP contribution is 2.29. The van der Waals surface area contributed by atoms with Gasteiger partial charge >= 0.3 is 0 Å². The summed E-state index contributed by atoms with van der Waals surface area (Å²) in [5.74, 6) is 0. The summed E-state index contributed by atoms with van der Waals surface area (Å²) in [5, 5.41) is 17.5. The highest BCUT2D eigenvalue weighted by Gasteiger charge is 2.28. The summed E-state index contributed by atoms with van der Waals surface area (Å²) in [5.41, 5.74) is 0.700. The SMILES string of the molecule is CC1(Nc2ccccc2[N+](=O)[O-])CCNCC1. The second kappa shape index (κ2) is 4.71. The molecule has 0 atom stereocenters. The minimum absolute atomic E-state index is 0.0582. The molecule has 92 valence electrons. The molecule has 2 rings (SSSR count). The molecule has 2 N–H and O–H groups in total.